The summed E-state index contributed by atoms with van der Waals surface area (Å²) >= 11 is 1.99. The lowest BCUT2D eigenvalue weighted by atomic mass is 10.1. The van der Waals surface area contributed by atoms with Gasteiger partial charge in [-0.05, 0) is 37.5 Å². The Kier molecular flexibility index (Phi) is 4.91. The molecule has 0 aromatic carbocycles. The van der Waals surface area contributed by atoms with Crippen LogP contribution in [0.25, 0.3) is 0 Å². The number of H-pyrrole nitrogens is 1. The lowest BCUT2D eigenvalue weighted by molar-refractivity contribution is 0.0734. The van der Waals surface area contributed by atoms with Crippen LogP contribution in [0.3, 0.4) is 0 Å². The third kappa shape index (κ3) is 3.26. The van der Waals surface area contributed by atoms with E-state index in [2.05, 4.69) is 11.9 Å². The first-order valence-electron chi connectivity index (χ1n) is 7.11. The van der Waals surface area contributed by atoms with Gasteiger partial charge < -0.3 is 9.88 Å². The maximum absolute atomic E-state index is 12.5. The number of hydrogen-bond acceptors (Lipinski definition) is 3. The van der Waals surface area contributed by atoms with Crippen molar-refractivity contribution in [3.05, 3.63) is 33.7 Å². The first kappa shape index (κ1) is 15.2. The van der Waals surface area contributed by atoms with Gasteiger partial charge in [0.15, 0.2) is 0 Å². The van der Waals surface area contributed by atoms with Gasteiger partial charge in [-0.15, -0.1) is 0 Å². The fourth-order valence-corrected chi connectivity index (χ4v) is 3.95. The molecule has 0 aliphatic heterocycles. The minimum atomic E-state index is -0.165. The molecule has 0 unspecified atom stereocenters. The molecule has 1 aliphatic carbocycles. The average Bonchev–Trinajstić information content (AvgIpc) is 2.86. The molecule has 1 aromatic rings. The molecule has 5 heteroatoms. The lowest BCUT2D eigenvalue weighted by Crippen LogP contribution is -2.36. The van der Waals surface area contributed by atoms with Gasteiger partial charge in [0.2, 0.25) is 5.56 Å². The van der Waals surface area contributed by atoms with Crippen LogP contribution in [-0.2, 0) is 0 Å². The van der Waals surface area contributed by atoms with E-state index >= 15 is 0 Å². The summed E-state index contributed by atoms with van der Waals surface area (Å²) in [5.41, 5.74) is 1.17. The molecule has 20 heavy (non-hydrogen) atoms. The largest absolute Gasteiger partial charge is 0.339 e. The van der Waals surface area contributed by atoms with Crippen LogP contribution in [0.2, 0.25) is 0 Å². The number of hydrogen-bond donors (Lipinski definition) is 1. The van der Waals surface area contributed by atoms with Crippen molar-refractivity contribution in [3.8, 4) is 0 Å². The van der Waals surface area contributed by atoms with Gasteiger partial charge in [-0.3, -0.25) is 9.59 Å². The number of thioether (sulfide) groups is 1. The minimum absolute atomic E-state index is 0.00546. The Labute approximate surface area is 124 Å². The first-order chi connectivity index (χ1) is 9.52. The van der Waals surface area contributed by atoms with Crippen molar-refractivity contribution in [1.82, 2.24) is 9.88 Å². The molecular weight excluding hydrogens is 272 g/mol. The molecule has 0 radical (unpaired) electrons. The van der Waals surface area contributed by atoms with E-state index in [-0.39, 0.29) is 11.5 Å². The third-order valence-electron chi connectivity index (χ3n) is 3.99. The van der Waals surface area contributed by atoms with Crippen LogP contribution < -0.4 is 5.56 Å². The molecule has 0 saturated heterocycles. The summed E-state index contributed by atoms with van der Waals surface area (Å²) in [4.78, 5) is 28.2. The number of carbonyl (C=O) groups is 1. The summed E-state index contributed by atoms with van der Waals surface area (Å²) in [7, 11) is 1.87. The molecule has 1 aliphatic rings. The summed E-state index contributed by atoms with van der Waals surface area (Å²) in [6, 6.07) is 1.80. The van der Waals surface area contributed by atoms with Crippen LogP contribution in [0.15, 0.2) is 17.1 Å². The lowest BCUT2D eigenvalue weighted by Gasteiger charge is -2.25. The Bertz CT molecular complexity index is 541. The number of aromatic nitrogens is 1. The van der Waals surface area contributed by atoms with Crippen molar-refractivity contribution in [2.24, 2.45) is 0 Å². The van der Waals surface area contributed by atoms with E-state index in [0.29, 0.717) is 16.9 Å². The summed E-state index contributed by atoms with van der Waals surface area (Å²) in [6.07, 6.45) is 4.86. The van der Waals surface area contributed by atoms with Crippen molar-refractivity contribution < 1.29 is 4.79 Å². The van der Waals surface area contributed by atoms with E-state index in [1.165, 1.54) is 18.7 Å². The predicted molar refractivity (Wildman–Crippen MR) is 83.5 cm³/mol. The van der Waals surface area contributed by atoms with Gasteiger partial charge in [0, 0.05) is 30.6 Å². The molecule has 1 fully saturated rings. The molecule has 1 heterocycles. The van der Waals surface area contributed by atoms with E-state index in [1.54, 1.807) is 6.92 Å². The number of carbonyl (C=O) groups excluding carboxylic acids is 1. The van der Waals surface area contributed by atoms with Gasteiger partial charge in [-0.25, -0.2) is 0 Å². The molecule has 1 N–H and O–H groups in total. The predicted octanol–water partition coefficient (Wildman–Crippen LogP) is 2.43. The zero-order chi connectivity index (χ0) is 14.7. The zero-order valence-electron chi connectivity index (χ0n) is 12.3. The summed E-state index contributed by atoms with van der Waals surface area (Å²) in [6.45, 7) is 3.98. The molecule has 1 amide bonds. The second kappa shape index (κ2) is 6.48. The highest BCUT2D eigenvalue weighted by molar-refractivity contribution is 7.99. The molecule has 2 rings (SSSR count). The van der Waals surface area contributed by atoms with Crippen molar-refractivity contribution in [2.45, 2.75) is 44.4 Å². The highest BCUT2D eigenvalue weighted by Gasteiger charge is 2.30. The molecule has 1 saturated carbocycles. The Morgan fingerprint density at radius 2 is 2.25 bits per heavy atom. The number of rotatable bonds is 4. The molecule has 0 bridgehead atoms. The third-order valence-corrected chi connectivity index (χ3v) is 5.22. The second-order valence-electron chi connectivity index (χ2n) is 5.35. The van der Waals surface area contributed by atoms with E-state index < -0.39 is 0 Å². The minimum Gasteiger partial charge on any atom is -0.339 e. The van der Waals surface area contributed by atoms with Crippen molar-refractivity contribution in [3.63, 3.8) is 0 Å². The number of nitrogens with one attached hydrogen (secondary N) is 1. The first-order valence-corrected chi connectivity index (χ1v) is 8.16. The van der Waals surface area contributed by atoms with E-state index in [4.69, 9.17) is 0 Å². The van der Waals surface area contributed by atoms with Crippen LogP contribution in [-0.4, -0.2) is 39.9 Å². The Hall–Kier alpha value is -1.23. The van der Waals surface area contributed by atoms with E-state index in [9.17, 15) is 9.59 Å². The maximum atomic E-state index is 12.5. The Morgan fingerprint density at radius 3 is 2.90 bits per heavy atom. The van der Waals surface area contributed by atoms with Gasteiger partial charge in [0.1, 0.15) is 0 Å². The number of nitrogens with zero attached hydrogens (tertiary/aromatic N) is 1. The van der Waals surface area contributed by atoms with Crippen molar-refractivity contribution >= 4 is 17.7 Å². The van der Waals surface area contributed by atoms with Crippen LogP contribution >= 0.6 is 11.8 Å². The monoisotopic (exact) mass is 294 g/mol. The number of pyridine rings is 1. The van der Waals surface area contributed by atoms with Gasteiger partial charge in [-0.2, -0.15) is 11.8 Å². The average molecular weight is 294 g/mol. The van der Waals surface area contributed by atoms with Gasteiger partial charge in [-0.1, -0.05) is 6.92 Å². The smallest absolute Gasteiger partial charge is 0.255 e. The number of amides is 1. The Balaban J connectivity index is 2.07. The molecule has 110 valence electrons. The molecule has 4 nitrogen and oxygen atoms in total. The summed E-state index contributed by atoms with van der Waals surface area (Å²) in [5, 5.41) is 0.678. The van der Waals surface area contributed by atoms with Crippen LogP contribution in [0, 0.1) is 6.92 Å². The quantitative estimate of drug-likeness (QED) is 0.928. The van der Waals surface area contributed by atoms with Crippen LogP contribution in [0.5, 0.6) is 0 Å². The highest BCUT2D eigenvalue weighted by Crippen LogP contribution is 2.32. The number of aryl methyl sites for hydroxylation is 1. The number of aromatic amines is 1. The normalized spacial score (nSPS) is 21.9. The molecular formula is C15H22N2O2S. The van der Waals surface area contributed by atoms with Gasteiger partial charge in [0.25, 0.3) is 5.91 Å². The van der Waals surface area contributed by atoms with E-state index in [0.717, 1.165) is 24.2 Å². The second-order valence-corrected chi connectivity index (χ2v) is 6.93. The summed E-state index contributed by atoms with van der Waals surface area (Å²) < 4.78 is 0. The standard InChI is InChI=1S/C15H22N2O2S/c1-4-20-12-6-5-11(8-12)17(3)15(19)13-9-16-14(18)7-10(13)2/h7,9,11-12H,4-6,8H2,1-3H3,(H,16,18)/t11-,12-/m1/s1. The topological polar surface area (TPSA) is 53.2 Å². The van der Waals surface area contributed by atoms with Crippen molar-refractivity contribution in [2.75, 3.05) is 12.8 Å². The van der Waals surface area contributed by atoms with Gasteiger partial charge in [0.05, 0.1) is 5.56 Å². The Morgan fingerprint density at radius 1 is 1.50 bits per heavy atom. The fraction of sp³-hybridized carbons (Fsp3) is 0.600. The maximum Gasteiger partial charge on any atom is 0.255 e. The van der Waals surface area contributed by atoms with Gasteiger partial charge >= 0.3 is 0 Å². The highest BCUT2D eigenvalue weighted by atomic mass is 32.2. The SMILES string of the molecule is CCS[C@@H]1CC[C@@H](N(C)C(=O)c2c[nH]c(=O)cc2C)C1. The van der Waals surface area contributed by atoms with Crippen LogP contribution in [0.4, 0.5) is 0 Å². The zero-order valence-corrected chi connectivity index (χ0v) is 13.1. The molecule has 0 spiro atoms. The van der Waals surface area contributed by atoms with E-state index in [1.807, 2.05) is 23.7 Å². The van der Waals surface area contributed by atoms with Crippen molar-refractivity contribution in [1.29, 1.82) is 0 Å². The molecule has 2 atom stereocenters. The summed E-state index contributed by atoms with van der Waals surface area (Å²) in [5.74, 6) is 1.14. The fourth-order valence-electron chi connectivity index (χ4n) is 2.82. The van der Waals surface area contributed by atoms with Crippen LogP contribution in [0.1, 0.15) is 42.1 Å². The molecule has 1 aromatic heterocycles.